The van der Waals surface area contributed by atoms with Gasteiger partial charge in [0.2, 0.25) is 11.8 Å². The van der Waals surface area contributed by atoms with Gasteiger partial charge in [0.05, 0.1) is 19.0 Å². The highest BCUT2D eigenvalue weighted by Crippen LogP contribution is 2.28. The van der Waals surface area contributed by atoms with Crippen LogP contribution in [0, 0.1) is 0 Å². The van der Waals surface area contributed by atoms with Crippen LogP contribution in [0.5, 0.6) is 11.5 Å². The van der Waals surface area contributed by atoms with Crippen molar-refractivity contribution in [1.29, 1.82) is 0 Å². The second kappa shape index (κ2) is 11.3. The van der Waals surface area contributed by atoms with Crippen LogP contribution in [-0.2, 0) is 11.2 Å². The van der Waals surface area contributed by atoms with E-state index in [9.17, 15) is 4.79 Å². The number of amides is 1. The van der Waals surface area contributed by atoms with Gasteiger partial charge in [-0.25, -0.2) is 0 Å². The molecule has 0 saturated heterocycles. The van der Waals surface area contributed by atoms with Gasteiger partial charge in [-0.05, 0) is 50.1 Å². The summed E-state index contributed by atoms with van der Waals surface area (Å²) in [5.74, 6) is 2.03. The maximum absolute atomic E-state index is 12.1. The van der Waals surface area contributed by atoms with Crippen molar-refractivity contribution in [3.8, 4) is 23.0 Å². The molecule has 3 aromatic rings. The summed E-state index contributed by atoms with van der Waals surface area (Å²) in [5, 5.41) is 11.3. The quantitative estimate of drug-likeness (QED) is 0.463. The van der Waals surface area contributed by atoms with Crippen molar-refractivity contribution in [2.45, 2.75) is 25.5 Å². The molecule has 7 nitrogen and oxygen atoms in total. The van der Waals surface area contributed by atoms with Gasteiger partial charge in [0, 0.05) is 12.1 Å². The van der Waals surface area contributed by atoms with Crippen molar-refractivity contribution < 1.29 is 18.7 Å². The van der Waals surface area contributed by atoms with E-state index in [0.717, 1.165) is 22.6 Å². The molecule has 0 atom stereocenters. The second-order valence-electron chi connectivity index (χ2n) is 6.27. The first-order chi connectivity index (χ1) is 14.7. The van der Waals surface area contributed by atoms with E-state index in [1.54, 1.807) is 0 Å². The molecule has 0 fully saturated rings. The summed E-state index contributed by atoms with van der Waals surface area (Å²) < 4.78 is 16.8. The predicted molar refractivity (Wildman–Crippen MR) is 116 cm³/mol. The summed E-state index contributed by atoms with van der Waals surface area (Å²) in [5.41, 5.74) is 1.92. The molecule has 0 saturated carbocycles. The van der Waals surface area contributed by atoms with Crippen LogP contribution in [0.2, 0.25) is 0 Å². The minimum absolute atomic E-state index is 0.0876. The Bertz CT molecular complexity index is 947. The van der Waals surface area contributed by atoms with Crippen molar-refractivity contribution in [1.82, 2.24) is 15.5 Å². The zero-order chi connectivity index (χ0) is 21.2. The lowest BCUT2D eigenvalue weighted by Crippen LogP contribution is -2.27. The van der Waals surface area contributed by atoms with Crippen LogP contribution in [-0.4, -0.2) is 41.6 Å². The lowest BCUT2D eigenvalue weighted by atomic mass is 10.1. The summed E-state index contributed by atoms with van der Waals surface area (Å²) in [7, 11) is 0. The molecule has 1 amide bonds. The predicted octanol–water partition coefficient (Wildman–Crippen LogP) is 3.99. The van der Waals surface area contributed by atoms with Crippen LogP contribution in [0.25, 0.3) is 11.5 Å². The minimum atomic E-state index is -0.0876. The highest BCUT2D eigenvalue weighted by Gasteiger charge is 2.11. The molecule has 0 radical (unpaired) electrons. The van der Waals surface area contributed by atoms with E-state index in [-0.39, 0.29) is 11.7 Å². The lowest BCUT2D eigenvalue weighted by molar-refractivity contribution is -0.118. The highest BCUT2D eigenvalue weighted by atomic mass is 32.2. The van der Waals surface area contributed by atoms with E-state index < -0.39 is 0 Å². The minimum Gasteiger partial charge on any atom is -0.490 e. The number of carbonyl (C=O) groups is 1. The summed E-state index contributed by atoms with van der Waals surface area (Å²) >= 11 is 1.22. The van der Waals surface area contributed by atoms with Gasteiger partial charge in [-0.15, -0.1) is 10.2 Å². The van der Waals surface area contributed by atoms with Gasteiger partial charge in [0.1, 0.15) is 0 Å². The summed E-state index contributed by atoms with van der Waals surface area (Å²) in [4.78, 5) is 12.1. The molecule has 1 N–H and O–H groups in total. The number of nitrogens with zero attached hydrogens (tertiary/aromatic N) is 2. The molecule has 0 aliphatic heterocycles. The van der Waals surface area contributed by atoms with Crippen LogP contribution in [0.1, 0.15) is 19.4 Å². The smallest absolute Gasteiger partial charge is 0.277 e. The number of thioether (sulfide) groups is 1. The van der Waals surface area contributed by atoms with E-state index in [1.165, 1.54) is 11.8 Å². The van der Waals surface area contributed by atoms with Crippen molar-refractivity contribution in [2.24, 2.45) is 0 Å². The average molecular weight is 428 g/mol. The molecule has 8 heteroatoms. The van der Waals surface area contributed by atoms with E-state index in [1.807, 2.05) is 62.4 Å². The van der Waals surface area contributed by atoms with Gasteiger partial charge in [0.25, 0.3) is 5.22 Å². The highest BCUT2D eigenvalue weighted by molar-refractivity contribution is 7.99. The maximum Gasteiger partial charge on any atom is 0.277 e. The zero-order valence-electron chi connectivity index (χ0n) is 17.1. The summed E-state index contributed by atoms with van der Waals surface area (Å²) in [6, 6.07) is 15.4. The van der Waals surface area contributed by atoms with Crippen LogP contribution < -0.4 is 14.8 Å². The Labute approximate surface area is 180 Å². The van der Waals surface area contributed by atoms with E-state index in [4.69, 9.17) is 13.9 Å². The Hall–Kier alpha value is -3.00. The third-order valence-corrected chi connectivity index (χ3v) is 4.92. The normalized spacial score (nSPS) is 10.6. The first-order valence-electron chi connectivity index (χ1n) is 9.86. The number of hydrogen-bond donors (Lipinski definition) is 1. The monoisotopic (exact) mass is 427 g/mol. The second-order valence-corrected chi connectivity index (χ2v) is 7.20. The SMILES string of the molecule is CCOc1ccc(CCNC(=O)CSc2nnc(-c3ccccc3)o2)cc1OCC. The molecule has 0 unspecified atom stereocenters. The Morgan fingerprint density at radius 2 is 1.80 bits per heavy atom. The third-order valence-electron chi connectivity index (χ3n) is 4.10. The molecule has 1 heterocycles. The Balaban J connectivity index is 1.44. The molecule has 2 aromatic carbocycles. The van der Waals surface area contributed by atoms with Crippen LogP contribution in [0.15, 0.2) is 58.2 Å². The largest absolute Gasteiger partial charge is 0.490 e. The number of aromatic nitrogens is 2. The summed E-state index contributed by atoms with van der Waals surface area (Å²) in [6.07, 6.45) is 0.696. The first-order valence-corrected chi connectivity index (χ1v) is 10.8. The van der Waals surface area contributed by atoms with Crippen LogP contribution >= 0.6 is 11.8 Å². The fraction of sp³-hybridized carbons (Fsp3) is 0.318. The molecule has 158 valence electrons. The summed E-state index contributed by atoms with van der Waals surface area (Å²) in [6.45, 7) is 5.55. The van der Waals surface area contributed by atoms with Gasteiger partial charge < -0.3 is 19.2 Å². The molecule has 3 rings (SSSR count). The molecule has 0 aliphatic carbocycles. The molecular weight excluding hydrogens is 402 g/mol. The van der Waals surface area contributed by atoms with Crippen LogP contribution in [0.3, 0.4) is 0 Å². The van der Waals surface area contributed by atoms with Gasteiger partial charge in [-0.3, -0.25) is 4.79 Å². The lowest BCUT2D eigenvalue weighted by Gasteiger charge is -2.12. The molecule has 0 aliphatic rings. The number of benzene rings is 2. The molecular formula is C22H25N3O4S. The molecule has 1 aromatic heterocycles. The van der Waals surface area contributed by atoms with Crippen molar-refractivity contribution >= 4 is 17.7 Å². The van der Waals surface area contributed by atoms with Gasteiger partial charge in [-0.1, -0.05) is 36.0 Å². The molecule has 0 bridgehead atoms. The zero-order valence-corrected chi connectivity index (χ0v) is 17.9. The fourth-order valence-electron chi connectivity index (χ4n) is 2.74. The van der Waals surface area contributed by atoms with Gasteiger partial charge >= 0.3 is 0 Å². The van der Waals surface area contributed by atoms with Gasteiger partial charge in [-0.2, -0.15) is 0 Å². The molecule has 0 spiro atoms. The topological polar surface area (TPSA) is 86.5 Å². The number of carbonyl (C=O) groups excluding carboxylic acids is 1. The third kappa shape index (κ3) is 6.25. The van der Waals surface area contributed by atoms with Crippen molar-refractivity contribution in [2.75, 3.05) is 25.5 Å². The van der Waals surface area contributed by atoms with E-state index >= 15 is 0 Å². The number of nitrogens with one attached hydrogen (secondary N) is 1. The van der Waals surface area contributed by atoms with E-state index in [2.05, 4.69) is 15.5 Å². The maximum atomic E-state index is 12.1. The molecule has 30 heavy (non-hydrogen) atoms. The number of ether oxygens (including phenoxy) is 2. The standard InChI is InChI=1S/C22H25N3O4S/c1-3-27-18-11-10-16(14-19(18)28-4-2)12-13-23-20(26)15-30-22-25-24-21(29-22)17-8-6-5-7-9-17/h5-11,14H,3-4,12-13,15H2,1-2H3,(H,23,26). The Morgan fingerprint density at radius 1 is 1.03 bits per heavy atom. The average Bonchev–Trinajstić information content (AvgIpc) is 3.24. The van der Waals surface area contributed by atoms with Gasteiger partial charge in [0.15, 0.2) is 11.5 Å². The fourth-order valence-corrected chi connectivity index (χ4v) is 3.33. The number of hydrogen-bond acceptors (Lipinski definition) is 7. The van der Waals surface area contributed by atoms with Crippen molar-refractivity contribution in [3.63, 3.8) is 0 Å². The van der Waals surface area contributed by atoms with Crippen LogP contribution in [0.4, 0.5) is 0 Å². The van der Waals surface area contributed by atoms with Crippen molar-refractivity contribution in [3.05, 3.63) is 54.1 Å². The Kier molecular flexibility index (Phi) is 8.14. The van der Waals surface area contributed by atoms with E-state index in [0.29, 0.717) is 37.3 Å². The Morgan fingerprint density at radius 3 is 2.57 bits per heavy atom. The number of rotatable bonds is 11. The first kappa shape index (κ1) is 21.7.